The van der Waals surface area contributed by atoms with Crippen LogP contribution in [0.2, 0.25) is 5.02 Å². The van der Waals surface area contributed by atoms with Crippen molar-refractivity contribution in [3.63, 3.8) is 0 Å². The fourth-order valence-corrected chi connectivity index (χ4v) is 1.98. The molecule has 1 heterocycles. The van der Waals surface area contributed by atoms with E-state index in [4.69, 9.17) is 11.6 Å². The second-order valence-electron chi connectivity index (χ2n) is 4.51. The van der Waals surface area contributed by atoms with E-state index in [0.29, 0.717) is 24.4 Å². The number of benzene rings is 1. The minimum atomic E-state index is -0.0407. The van der Waals surface area contributed by atoms with E-state index < -0.39 is 0 Å². The zero-order chi connectivity index (χ0) is 14.5. The first kappa shape index (κ1) is 14.5. The highest BCUT2D eigenvalue weighted by molar-refractivity contribution is 6.31. The minimum absolute atomic E-state index is 0.0407. The summed E-state index contributed by atoms with van der Waals surface area (Å²) in [5, 5.41) is 14.7. The van der Waals surface area contributed by atoms with Crippen molar-refractivity contribution in [1.29, 1.82) is 0 Å². The molecule has 2 rings (SSSR count). The van der Waals surface area contributed by atoms with Gasteiger partial charge in [0.2, 0.25) is 5.91 Å². The van der Waals surface area contributed by atoms with Crippen LogP contribution in [0.1, 0.15) is 24.2 Å². The zero-order valence-electron chi connectivity index (χ0n) is 11.4. The van der Waals surface area contributed by atoms with Crippen LogP contribution in [0, 0.1) is 13.8 Å². The third kappa shape index (κ3) is 3.54. The fourth-order valence-electron chi connectivity index (χ4n) is 1.80. The summed E-state index contributed by atoms with van der Waals surface area (Å²) >= 11 is 6.01. The van der Waals surface area contributed by atoms with Gasteiger partial charge in [0.05, 0.1) is 0 Å². The summed E-state index contributed by atoms with van der Waals surface area (Å²) < 4.78 is 1.68. The maximum atomic E-state index is 11.9. The lowest BCUT2D eigenvalue weighted by Gasteiger charge is -2.09. The number of carbonyl (C=O) groups excluding carboxylic acids is 1. The van der Waals surface area contributed by atoms with Gasteiger partial charge in [-0.3, -0.25) is 4.79 Å². The van der Waals surface area contributed by atoms with E-state index in [-0.39, 0.29) is 5.91 Å². The van der Waals surface area contributed by atoms with Gasteiger partial charge < -0.3 is 5.32 Å². The maximum absolute atomic E-state index is 11.9. The summed E-state index contributed by atoms with van der Waals surface area (Å²) in [4.78, 5) is 11.9. The smallest absolute Gasteiger partial charge is 0.224 e. The van der Waals surface area contributed by atoms with E-state index in [9.17, 15) is 4.79 Å². The average molecular weight is 294 g/mol. The molecule has 0 radical (unpaired) electrons. The largest absolute Gasteiger partial charge is 0.326 e. The van der Waals surface area contributed by atoms with Crippen molar-refractivity contribution in [3.8, 4) is 0 Å². The van der Waals surface area contributed by atoms with Crippen LogP contribution in [0.3, 0.4) is 0 Å². The van der Waals surface area contributed by atoms with Crippen LogP contribution in [0.25, 0.3) is 0 Å². The Hall–Kier alpha value is -1.95. The molecule has 1 aromatic heterocycles. The molecule has 0 bridgehead atoms. The molecule has 0 aliphatic carbocycles. The maximum Gasteiger partial charge on any atom is 0.224 e. The van der Waals surface area contributed by atoms with Gasteiger partial charge in [0, 0.05) is 23.7 Å². The number of halogens is 1. The molecule has 0 aliphatic rings. The number of nitrogens with zero attached hydrogens (tertiary/aromatic N) is 4. The average Bonchev–Trinajstić information content (AvgIpc) is 2.81. The van der Waals surface area contributed by atoms with Crippen molar-refractivity contribution in [3.05, 3.63) is 34.6 Å². The van der Waals surface area contributed by atoms with Crippen LogP contribution in [-0.2, 0) is 11.3 Å². The number of tetrazole rings is 1. The summed E-state index contributed by atoms with van der Waals surface area (Å²) in [6, 6.07) is 5.45. The van der Waals surface area contributed by atoms with Gasteiger partial charge in [0.1, 0.15) is 5.82 Å². The third-order valence-corrected chi connectivity index (χ3v) is 3.44. The van der Waals surface area contributed by atoms with Crippen molar-refractivity contribution >= 4 is 23.2 Å². The number of aromatic nitrogens is 4. The van der Waals surface area contributed by atoms with Crippen LogP contribution < -0.4 is 5.32 Å². The molecule has 7 heteroatoms. The molecule has 1 amide bonds. The molecule has 1 aromatic carbocycles. The second kappa shape index (κ2) is 6.47. The minimum Gasteiger partial charge on any atom is -0.326 e. The Morgan fingerprint density at radius 3 is 2.90 bits per heavy atom. The Kier molecular flexibility index (Phi) is 4.68. The Morgan fingerprint density at radius 2 is 2.20 bits per heavy atom. The summed E-state index contributed by atoms with van der Waals surface area (Å²) in [5.74, 6) is 0.706. The molecule has 0 fully saturated rings. The Balaban J connectivity index is 1.84. The van der Waals surface area contributed by atoms with E-state index in [2.05, 4.69) is 20.8 Å². The topological polar surface area (TPSA) is 72.7 Å². The summed E-state index contributed by atoms with van der Waals surface area (Å²) in [5.41, 5.74) is 1.62. The molecule has 0 spiro atoms. The number of hydrogen-bond acceptors (Lipinski definition) is 4. The van der Waals surface area contributed by atoms with Crippen LogP contribution in [0.5, 0.6) is 0 Å². The second-order valence-corrected chi connectivity index (χ2v) is 4.92. The van der Waals surface area contributed by atoms with Gasteiger partial charge in [-0.1, -0.05) is 17.7 Å². The number of hydrogen-bond donors (Lipinski definition) is 1. The first-order valence-electron chi connectivity index (χ1n) is 6.35. The van der Waals surface area contributed by atoms with Gasteiger partial charge in [0.15, 0.2) is 0 Å². The highest BCUT2D eigenvalue weighted by Gasteiger charge is 2.07. The van der Waals surface area contributed by atoms with Crippen molar-refractivity contribution < 1.29 is 4.79 Å². The zero-order valence-corrected chi connectivity index (χ0v) is 12.2. The molecule has 0 aliphatic heterocycles. The quantitative estimate of drug-likeness (QED) is 0.918. The van der Waals surface area contributed by atoms with Gasteiger partial charge in [-0.2, -0.15) is 0 Å². The number of rotatable bonds is 5. The number of amides is 1. The Bertz CT molecular complexity index is 611. The highest BCUT2D eigenvalue weighted by atomic mass is 35.5. The van der Waals surface area contributed by atoms with Crippen LogP contribution in [0.15, 0.2) is 18.2 Å². The SMILES string of the molecule is Cc1c(Cl)cccc1NC(=O)CCCn1nnnc1C. The van der Waals surface area contributed by atoms with Crippen molar-refractivity contribution in [2.24, 2.45) is 0 Å². The first-order valence-corrected chi connectivity index (χ1v) is 6.73. The Morgan fingerprint density at radius 1 is 1.40 bits per heavy atom. The van der Waals surface area contributed by atoms with Gasteiger partial charge in [-0.25, -0.2) is 4.68 Å². The number of carbonyl (C=O) groups is 1. The molecule has 0 atom stereocenters. The summed E-state index contributed by atoms with van der Waals surface area (Å²) in [6.07, 6.45) is 1.09. The monoisotopic (exact) mass is 293 g/mol. The van der Waals surface area contributed by atoms with Crippen molar-refractivity contribution in [2.75, 3.05) is 5.32 Å². The summed E-state index contributed by atoms with van der Waals surface area (Å²) in [7, 11) is 0. The van der Waals surface area contributed by atoms with E-state index in [0.717, 1.165) is 17.1 Å². The molecule has 1 N–H and O–H groups in total. The van der Waals surface area contributed by atoms with Gasteiger partial charge in [-0.05, 0) is 48.4 Å². The van der Waals surface area contributed by atoms with Gasteiger partial charge >= 0.3 is 0 Å². The van der Waals surface area contributed by atoms with Crippen molar-refractivity contribution in [2.45, 2.75) is 33.2 Å². The lowest BCUT2D eigenvalue weighted by Crippen LogP contribution is -2.14. The fraction of sp³-hybridized carbons (Fsp3) is 0.385. The number of nitrogens with one attached hydrogen (secondary N) is 1. The first-order chi connectivity index (χ1) is 9.58. The van der Waals surface area contributed by atoms with Gasteiger partial charge in [0.25, 0.3) is 0 Å². The molecule has 106 valence electrons. The molecule has 0 saturated carbocycles. The predicted molar refractivity (Wildman–Crippen MR) is 76.6 cm³/mol. The van der Waals surface area contributed by atoms with E-state index >= 15 is 0 Å². The summed E-state index contributed by atoms with van der Waals surface area (Å²) in [6.45, 7) is 4.33. The molecular weight excluding hydrogens is 278 g/mol. The van der Waals surface area contributed by atoms with Gasteiger partial charge in [-0.15, -0.1) is 5.10 Å². The lowest BCUT2D eigenvalue weighted by atomic mass is 10.2. The molecule has 0 saturated heterocycles. The van der Waals surface area contributed by atoms with Crippen LogP contribution in [0.4, 0.5) is 5.69 Å². The lowest BCUT2D eigenvalue weighted by molar-refractivity contribution is -0.116. The van der Waals surface area contributed by atoms with Crippen molar-refractivity contribution in [1.82, 2.24) is 20.2 Å². The molecular formula is C13H16ClN5O. The number of aryl methyl sites for hydroxylation is 2. The van der Waals surface area contributed by atoms with Crippen LogP contribution >= 0.6 is 11.6 Å². The normalized spacial score (nSPS) is 10.6. The molecule has 20 heavy (non-hydrogen) atoms. The van der Waals surface area contributed by atoms with E-state index in [1.165, 1.54) is 0 Å². The Labute approximate surface area is 122 Å². The molecule has 6 nitrogen and oxygen atoms in total. The van der Waals surface area contributed by atoms with E-state index in [1.54, 1.807) is 10.7 Å². The third-order valence-electron chi connectivity index (χ3n) is 3.03. The van der Waals surface area contributed by atoms with Crippen LogP contribution in [-0.4, -0.2) is 26.1 Å². The number of anilines is 1. The van der Waals surface area contributed by atoms with E-state index in [1.807, 2.05) is 26.0 Å². The standard InChI is InChI=1S/C13H16ClN5O/c1-9-11(14)5-3-6-12(9)15-13(20)7-4-8-19-10(2)16-17-18-19/h3,5-6H,4,7-8H2,1-2H3,(H,15,20). The predicted octanol–water partition coefficient (Wildman–Crippen LogP) is 2.36. The highest BCUT2D eigenvalue weighted by Crippen LogP contribution is 2.23. The molecule has 0 unspecified atom stereocenters. The molecule has 2 aromatic rings.